The van der Waals surface area contributed by atoms with E-state index in [1.54, 1.807) is 17.5 Å². The van der Waals surface area contributed by atoms with Gasteiger partial charge in [0.2, 0.25) is 5.95 Å². The minimum Gasteiger partial charge on any atom is -0.354 e. The lowest BCUT2D eigenvalue weighted by Crippen LogP contribution is -2.30. The molecule has 180 valence electrons. The largest absolute Gasteiger partial charge is 0.354 e. The SMILES string of the molecule is CN1CCCN(CCCNc2ncc(Cl)c(-c3cc4c(C(=O)NC5CC5)cccc4s3)n2)CC1. The zero-order valence-corrected chi connectivity index (χ0v) is 21.1. The van der Waals surface area contributed by atoms with Crippen molar-refractivity contribution < 1.29 is 4.79 Å². The van der Waals surface area contributed by atoms with Gasteiger partial charge in [0.1, 0.15) is 5.69 Å². The summed E-state index contributed by atoms with van der Waals surface area (Å²) in [5, 5.41) is 7.90. The number of halogens is 1. The van der Waals surface area contributed by atoms with Crippen molar-refractivity contribution in [1.82, 2.24) is 25.1 Å². The van der Waals surface area contributed by atoms with Crippen LogP contribution in [0.25, 0.3) is 20.7 Å². The Morgan fingerprint density at radius 3 is 2.97 bits per heavy atom. The number of fused-ring (bicyclic) bond motifs is 1. The minimum atomic E-state index is -0.00959. The highest BCUT2D eigenvalue weighted by molar-refractivity contribution is 7.22. The molecule has 1 saturated heterocycles. The van der Waals surface area contributed by atoms with Crippen molar-refractivity contribution in [2.75, 3.05) is 51.6 Å². The van der Waals surface area contributed by atoms with Crippen LogP contribution in [0.3, 0.4) is 0 Å². The summed E-state index contributed by atoms with van der Waals surface area (Å²) in [4.78, 5) is 27.7. The normalized spacial score (nSPS) is 17.6. The van der Waals surface area contributed by atoms with E-state index in [4.69, 9.17) is 16.6 Å². The van der Waals surface area contributed by atoms with Gasteiger partial charge in [-0.3, -0.25) is 4.79 Å². The zero-order valence-electron chi connectivity index (χ0n) is 19.5. The van der Waals surface area contributed by atoms with Crippen LogP contribution < -0.4 is 10.6 Å². The van der Waals surface area contributed by atoms with Crippen molar-refractivity contribution >= 4 is 44.9 Å². The second-order valence-electron chi connectivity index (χ2n) is 9.24. The molecule has 1 aliphatic carbocycles. The number of benzene rings is 1. The van der Waals surface area contributed by atoms with E-state index in [-0.39, 0.29) is 5.91 Å². The second-order valence-corrected chi connectivity index (χ2v) is 10.7. The molecule has 9 heteroatoms. The van der Waals surface area contributed by atoms with E-state index in [2.05, 4.69) is 32.5 Å². The van der Waals surface area contributed by atoms with Crippen molar-refractivity contribution in [2.45, 2.75) is 31.7 Å². The fourth-order valence-electron chi connectivity index (χ4n) is 4.32. The molecule has 0 bridgehead atoms. The number of amides is 1. The van der Waals surface area contributed by atoms with Gasteiger partial charge in [-0.15, -0.1) is 11.3 Å². The molecule has 0 radical (unpaired) electrons. The van der Waals surface area contributed by atoms with E-state index in [9.17, 15) is 4.79 Å². The van der Waals surface area contributed by atoms with E-state index in [1.807, 2.05) is 24.3 Å². The number of carbonyl (C=O) groups is 1. The molecule has 2 N–H and O–H groups in total. The van der Waals surface area contributed by atoms with E-state index in [0.29, 0.717) is 28.3 Å². The average Bonchev–Trinajstić information content (AvgIpc) is 3.58. The molecule has 0 atom stereocenters. The Morgan fingerprint density at radius 2 is 2.12 bits per heavy atom. The van der Waals surface area contributed by atoms with Crippen molar-refractivity contribution in [3.63, 3.8) is 0 Å². The van der Waals surface area contributed by atoms with Gasteiger partial charge in [0.15, 0.2) is 0 Å². The fourth-order valence-corrected chi connectivity index (χ4v) is 5.66. The highest BCUT2D eigenvalue weighted by Gasteiger charge is 2.25. The summed E-state index contributed by atoms with van der Waals surface area (Å²) in [6.07, 6.45) is 6.05. The summed E-state index contributed by atoms with van der Waals surface area (Å²) in [6.45, 7) is 6.49. The van der Waals surface area contributed by atoms with Crippen molar-refractivity contribution in [3.8, 4) is 10.6 Å². The van der Waals surface area contributed by atoms with Crippen LogP contribution in [-0.2, 0) is 0 Å². The Balaban J connectivity index is 1.25. The van der Waals surface area contributed by atoms with E-state index in [0.717, 1.165) is 60.4 Å². The lowest BCUT2D eigenvalue weighted by molar-refractivity contribution is 0.0953. The first-order valence-corrected chi connectivity index (χ1v) is 13.3. The Hall–Kier alpha value is -2.26. The average molecular weight is 499 g/mol. The summed E-state index contributed by atoms with van der Waals surface area (Å²) in [6, 6.07) is 8.20. The quantitative estimate of drug-likeness (QED) is 0.450. The summed E-state index contributed by atoms with van der Waals surface area (Å²) < 4.78 is 1.05. The van der Waals surface area contributed by atoms with Crippen LogP contribution in [0.15, 0.2) is 30.5 Å². The fraction of sp³-hybridized carbons (Fsp3) is 0.480. The molecule has 1 aromatic carbocycles. The number of aromatic nitrogens is 2. The van der Waals surface area contributed by atoms with Gasteiger partial charge in [-0.05, 0) is 70.6 Å². The molecule has 3 aromatic rings. The predicted molar refractivity (Wildman–Crippen MR) is 140 cm³/mol. The van der Waals surface area contributed by atoms with Crippen LogP contribution >= 0.6 is 22.9 Å². The van der Waals surface area contributed by atoms with Crippen LogP contribution in [0.4, 0.5) is 5.95 Å². The Bertz CT molecular complexity index is 1160. The number of anilines is 1. The lowest BCUT2D eigenvalue weighted by Gasteiger charge is -2.19. The maximum Gasteiger partial charge on any atom is 0.252 e. The molecule has 7 nitrogen and oxygen atoms in total. The molecule has 0 unspecified atom stereocenters. The van der Waals surface area contributed by atoms with Gasteiger partial charge in [0, 0.05) is 41.3 Å². The summed E-state index contributed by atoms with van der Waals surface area (Å²) in [7, 11) is 2.20. The van der Waals surface area contributed by atoms with Gasteiger partial charge in [-0.2, -0.15) is 0 Å². The van der Waals surface area contributed by atoms with Gasteiger partial charge in [0.25, 0.3) is 5.91 Å². The monoisotopic (exact) mass is 498 g/mol. The highest BCUT2D eigenvalue weighted by Crippen LogP contribution is 2.37. The summed E-state index contributed by atoms with van der Waals surface area (Å²) in [5.41, 5.74) is 1.40. The molecule has 1 amide bonds. The number of likely N-dealkylation sites (N-methyl/N-ethyl adjacent to an activating group) is 1. The third-order valence-corrected chi connectivity index (χ3v) is 7.83. The van der Waals surface area contributed by atoms with Gasteiger partial charge in [0.05, 0.1) is 16.1 Å². The molecule has 2 aliphatic rings. The van der Waals surface area contributed by atoms with E-state index >= 15 is 0 Å². The van der Waals surface area contributed by atoms with Gasteiger partial charge in [-0.1, -0.05) is 17.7 Å². The number of thiophene rings is 1. The van der Waals surface area contributed by atoms with E-state index in [1.165, 1.54) is 19.5 Å². The smallest absolute Gasteiger partial charge is 0.252 e. The summed E-state index contributed by atoms with van der Waals surface area (Å²) >= 11 is 8.09. The first kappa shape index (κ1) is 23.5. The standard InChI is InChI=1S/C25H31ClN6OS/c1-31-10-4-12-32(14-13-31)11-3-9-27-25-28-16-20(26)23(30-25)22-15-19-18(5-2-6-21(19)34-22)24(33)29-17-7-8-17/h2,5-6,15-17H,3-4,7-14H2,1H3,(H,29,33)(H,27,28,30). The summed E-state index contributed by atoms with van der Waals surface area (Å²) in [5.74, 6) is 0.573. The van der Waals surface area contributed by atoms with Crippen LogP contribution in [0, 0.1) is 0 Å². The minimum absolute atomic E-state index is 0.00959. The molecule has 1 aliphatic heterocycles. The number of carbonyl (C=O) groups excluding carboxylic acids is 1. The van der Waals surface area contributed by atoms with Gasteiger partial charge in [-0.25, -0.2) is 9.97 Å². The number of hydrogen-bond donors (Lipinski definition) is 2. The molecule has 3 heterocycles. The third-order valence-electron chi connectivity index (χ3n) is 6.44. The Morgan fingerprint density at radius 1 is 1.24 bits per heavy atom. The van der Waals surface area contributed by atoms with Crippen LogP contribution in [-0.4, -0.2) is 78.0 Å². The molecule has 34 heavy (non-hydrogen) atoms. The van der Waals surface area contributed by atoms with Crippen molar-refractivity contribution in [3.05, 3.63) is 41.0 Å². The Kier molecular flexibility index (Phi) is 7.29. The molecule has 0 spiro atoms. The van der Waals surface area contributed by atoms with Crippen molar-refractivity contribution in [1.29, 1.82) is 0 Å². The molecular weight excluding hydrogens is 468 g/mol. The molecular formula is C25H31ClN6OS. The molecule has 1 saturated carbocycles. The number of hydrogen-bond acceptors (Lipinski definition) is 7. The van der Waals surface area contributed by atoms with Crippen LogP contribution in [0.2, 0.25) is 5.02 Å². The predicted octanol–water partition coefficient (Wildman–Crippen LogP) is 4.34. The van der Waals surface area contributed by atoms with Crippen molar-refractivity contribution in [2.24, 2.45) is 0 Å². The first-order chi connectivity index (χ1) is 16.6. The van der Waals surface area contributed by atoms with Crippen LogP contribution in [0.5, 0.6) is 0 Å². The van der Waals surface area contributed by atoms with Gasteiger partial charge < -0.3 is 20.4 Å². The maximum absolute atomic E-state index is 12.7. The highest BCUT2D eigenvalue weighted by atomic mass is 35.5. The number of nitrogens with one attached hydrogen (secondary N) is 2. The topological polar surface area (TPSA) is 73.4 Å². The first-order valence-electron chi connectivity index (χ1n) is 12.1. The van der Waals surface area contributed by atoms with Gasteiger partial charge >= 0.3 is 0 Å². The lowest BCUT2D eigenvalue weighted by atomic mass is 10.1. The zero-order chi connectivity index (χ0) is 23.5. The molecule has 2 aromatic heterocycles. The second kappa shape index (κ2) is 10.6. The number of rotatable bonds is 8. The molecule has 5 rings (SSSR count). The third kappa shape index (κ3) is 5.68. The molecule has 2 fully saturated rings. The van der Waals surface area contributed by atoms with Crippen LogP contribution in [0.1, 0.15) is 36.0 Å². The van der Waals surface area contributed by atoms with E-state index < -0.39 is 0 Å². The maximum atomic E-state index is 12.7. The Labute approximate surface area is 209 Å². The number of nitrogens with zero attached hydrogens (tertiary/aromatic N) is 4.